The zero-order chi connectivity index (χ0) is 17.8. The van der Waals surface area contributed by atoms with Crippen molar-refractivity contribution in [2.45, 2.75) is 12.8 Å². The lowest BCUT2D eigenvalue weighted by molar-refractivity contribution is 0.206. The third kappa shape index (κ3) is 4.29. The molecule has 2 aromatic rings. The summed E-state index contributed by atoms with van der Waals surface area (Å²) in [5, 5.41) is 1.26. The number of carbonyl (C=O) groups is 1. The predicted molar refractivity (Wildman–Crippen MR) is 99.9 cm³/mol. The second-order valence-electron chi connectivity index (χ2n) is 5.58. The number of amides is 2. The van der Waals surface area contributed by atoms with Gasteiger partial charge in [-0.15, -0.1) is 0 Å². The lowest BCUT2D eigenvalue weighted by Crippen LogP contribution is -2.44. The van der Waals surface area contributed by atoms with E-state index in [9.17, 15) is 4.79 Å². The molecule has 1 aliphatic heterocycles. The first kappa shape index (κ1) is 18.1. The van der Waals surface area contributed by atoms with Crippen molar-refractivity contribution in [3.63, 3.8) is 0 Å². The molecule has 1 aromatic carbocycles. The number of halogens is 3. The second-order valence-corrected chi connectivity index (χ2v) is 6.80. The summed E-state index contributed by atoms with van der Waals surface area (Å²) in [5.41, 5.74) is 0.501. The van der Waals surface area contributed by atoms with Gasteiger partial charge >= 0.3 is 6.03 Å². The first-order valence-electron chi connectivity index (χ1n) is 7.80. The van der Waals surface area contributed by atoms with Crippen LogP contribution >= 0.6 is 34.8 Å². The van der Waals surface area contributed by atoms with Gasteiger partial charge in [0.1, 0.15) is 5.75 Å². The molecule has 0 atom stereocenters. The van der Waals surface area contributed by atoms with E-state index in [0.29, 0.717) is 26.5 Å². The molecular weight excluding hydrogens is 385 g/mol. The molecule has 8 heteroatoms. The average molecular weight is 401 g/mol. The van der Waals surface area contributed by atoms with Gasteiger partial charge in [-0.05, 0) is 31.0 Å². The normalized spacial score (nSPS) is 13.8. The van der Waals surface area contributed by atoms with E-state index in [1.165, 1.54) is 4.90 Å². The first-order valence-corrected chi connectivity index (χ1v) is 8.93. The smallest absolute Gasteiger partial charge is 0.327 e. The van der Waals surface area contributed by atoms with Crippen molar-refractivity contribution in [3.05, 3.63) is 51.7 Å². The molecule has 0 saturated carbocycles. The minimum atomic E-state index is -0.160. The van der Waals surface area contributed by atoms with Gasteiger partial charge in [0.05, 0.1) is 27.0 Å². The molecule has 0 unspecified atom stereocenters. The number of hydrogen-bond acceptors (Lipinski definition) is 3. The molecule has 3 rings (SSSR count). The summed E-state index contributed by atoms with van der Waals surface area (Å²) < 4.78 is 5.74. The highest BCUT2D eigenvalue weighted by Crippen LogP contribution is 2.29. The van der Waals surface area contributed by atoms with Gasteiger partial charge in [0, 0.05) is 25.4 Å². The van der Waals surface area contributed by atoms with E-state index in [4.69, 9.17) is 39.5 Å². The molecule has 1 aromatic heterocycles. The molecule has 1 saturated heterocycles. The lowest BCUT2D eigenvalue weighted by atomic mass is 10.3. The Morgan fingerprint density at radius 2 is 1.88 bits per heavy atom. The van der Waals surface area contributed by atoms with Gasteiger partial charge in [0.25, 0.3) is 0 Å². The Hall–Kier alpha value is -1.69. The van der Waals surface area contributed by atoms with Crippen LogP contribution in [-0.2, 0) is 0 Å². The fraction of sp³-hybridized carbons (Fsp3) is 0.294. The SMILES string of the molecule is O=C(N1CCCC1)N(COc1ccc(Cl)c(Cl)c1)c1cnccc1Cl. The van der Waals surface area contributed by atoms with Gasteiger partial charge in [0.15, 0.2) is 6.73 Å². The molecule has 1 fully saturated rings. The van der Waals surface area contributed by atoms with Crippen LogP contribution in [0, 0.1) is 0 Å². The summed E-state index contributed by atoms with van der Waals surface area (Å²) >= 11 is 18.2. The van der Waals surface area contributed by atoms with Crippen LogP contribution in [0.15, 0.2) is 36.7 Å². The Morgan fingerprint density at radius 3 is 2.56 bits per heavy atom. The van der Waals surface area contributed by atoms with Gasteiger partial charge < -0.3 is 9.64 Å². The second kappa shape index (κ2) is 8.13. The number of anilines is 1. The van der Waals surface area contributed by atoms with Crippen LogP contribution in [0.4, 0.5) is 10.5 Å². The number of benzene rings is 1. The number of likely N-dealkylation sites (tertiary alicyclic amines) is 1. The Balaban J connectivity index is 1.81. The maximum Gasteiger partial charge on any atom is 0.327 e. The molecule has 2 amide bonds. The van der Waals surface area contributed by atoms with Crippen molar-refractivity contribution in [2.24, 2.45) is 0 Å². The lowest BCUT2D eigenvalue weighted by Gasteiger charge is -2.28. The number of urea groups is 1. The minimum Gasteiger partial charge on any atom is -0.473 e. The monoisotopic (exact) mass is 399 g/mol. The van der Waals surface area contributed by atoms with Gasteiger partial charge in [-0.2, -0.15) is 0 Å². The van der Waals surface area contributed by atoms with Gasteiger partial charge in [0.2, 0.25) is 0 Å². The number of aromatic nitrogens is 1. The van der Waals surface area contributed by atoms with E-state index in [1.54, 1.807) is 41.6 Å². The minimum absolute atomic E-state index is 0.0152. The Bertz CT molecular complexity index is 767. The first-order chi connectivity index (χ1) is 12.1. The molecule has 2 heterocycles. The number of hydrogen-bond donors (Lipinski definition) is 0. The standard InChI is InChI=1S/C17H16Cl3N3O2/c18-13-4-3-12(9-15(13)20)25-11-23(16-10-21-6-5-14(16)19)17(24)22-7-1-2-8-22/h3-6,9-10H,1-2,7-8,11H2. The molecule has 0 aliphatic carbocycles. The van der Waals surface area contributed by atoms with Crippen LogP contribution in [-0.4, -0.2) is 35.7 Å². The third-order valence-corrected chi connectivity index (χ3v) is 4.96. The molecule has 0 bridgehead atoms. The number of pyridine rings is 1. The quantitative estimate of drug-likeness (QED) is 0.671. The van der Waals surface area contributed by atoms with Crippen molar-refractivity contribution in [3.8, 4) is 5.75 Å². The Labute approximate surface area is 161 Å². The highest BCUT2D eigenvalue weighted by atomic mass is 35.5. The number of carbonyl (C=O) groups excluding carboxylic acids is 1. The summed E-state index contributed by atoms with van der Waals surface area (Å²) in [6.45, 7) is 1.43. The van der Waals surface area contributed by atoms with Crippen LogP contribution < -0.4 is 9.64 Å². The van der Waals surface area contributed by atoms with E-state index in [-0.39, 0.29) is 12.8 Å². The highest BCUT2D eigenvalue weighted by molar-refractivity contribution is 6.42. The van der Waals surface area contributed by atoms with E-state index >= 15 is 0 Å². The summed E-state index contributed by atoms with van der Waals surface area (Å²) in [7, 11) is 0. The van der Waals surface area contributed by atoms with Crippen LogP contribution in [0.5, 0.6) is 5.75 Å². The van der Waals surface area contributed by atoms with Crippen LogP contribution in [0.25, 0.3) is 0 Å². The zero-order valence-electron chi connectivity index (χ0n) is 13.3. The Morgan fingerprint density at radius 1 is 1.12 bits per heavy atom. The topological polar surface area (TPSA) is 45.7 Å². The van der Waals surface area contributed by atoms with Crippen LogP contribution in [0.1, 0.15) is 12.8 Å². The van der Waals surface area contributed by atoms with Crippen LogP contribution in [0.3, 0.4) is 0 Å². The summed E-state index contributed by atoms with van der Waals surface area (Å²) in [6.07, 6.45) is 5.11. The molecule has 1 aliphatic rings. The van der Waals surface area contributed by atoms with Crippen molar-refractivity contribution in [1.29, 1.82) is 0 Å². The molecule has 0 N–H and O–H groups in total. The zero-order valence-corrected chi connectivity index (χ0v) is 15.6. The summed E-state index contributed by atoms with van der Waals surface area (Å²) in [6, 6.07) is 6.42. The van der Waals surface area contributed by atoms with E-state index in [0.717, 1.165) is 25.9 Å². The highest BCUT2D eigenvalue weighted by Gasteiger charge is 2.26. The molecular formula is C17H16Cl3N3O2. The summed E-state index contributed by atoms with van der Waals surface area (Å²) in [5.74, 6) is 0.508. The summed E-state index contributed by atoms with van der Waals surface area (Å²) in [4.78, 5) is 20.2. The van der Waals surface area contributed by atoms with E-state index in [2.05, 4.69) is 4.98 Å². The van der Waals surface area contributed by atoms with Crippen molar-refractivity contribution in [1.82, 2.24) is 9.88 Å². The van der Waals surface area contributed by atoms with Crippen molar-refractivity contribution in [2.75, 3.05) is 24.7 Å². The largest absolute Gasteiger partial charge is 0.473 e. The Kier molecular flexibility index (Phi) is 5.89. The number of ether oxygens (including phenoxy) is 1. The molecule has 0 spiro atoms. The van der Waals surface area contributed by atoms with Gasteiger partial charge in [-0.25, -0.2) is 4.79 Å². The number of rotatable bonds is 4. The van der Waals surface area contributed by atoms with Gasteiger partial charge in [-0.3, -0.25) is 9.88 Å². The van der Waals surface area contributed by atoms with E-state index in [1.807, 2.05) is 0 Å². The predicted octanol–water partition coefficient (Wildman–Crippen LogP) is 5.10. The fourth-order valence-corrected chi connectivity index (χ4v) is 3.08. The molecule has 0 radical (unpaired) electrons. The molecule has 25 heavy (non-hydrogen) atoms. The van der Waals surface area contributed by atoms with Crippen molar-refractivity contribution < 1.29 is 9.53 Å². The average Bonchev–Trinajstić information content (AvgIpc) is 3.14. The van der Waals surface area contributed by atoms with Crippen molar-refractivity contribution >= 4 is 46.5 Å². The van der Waals surface area contributed by atoms with E-state index < -0.39 is 0 Å². The van der Waals surface area contributed by atoms with Crippen LogP contribution in [0.2, 0.25) is 15.1 Å². The maximum absolute atomic E-state index is 12.9. The fourth-order valence-electron chi connectivity index (χ4n) is 2.58. The molecule has 132 valence electrons. The number of nitrogens with zero attached hydrogens (tertiary/aromatic N) is 3. The third-order valence-electron chi connectivity index (χ3n) is 3.90. The molecule has 5 nitrogen and oxygen atoms in total. The maximum atomic E-state index is 12.9. The van der Waals surface area contributed by atoms with Gasteiger partial charge in [-0.1, -0.05) is 34.8 Å².